The Bertz CT molecular complexity index is 630. The minimum atomic E-state index is -1.29. The van der Waals surface area contributed by atoms with Crippen molar-refractivity contribution in [2.45, 2.75) is 6.54 Å². The average Bonchev–Trinajstić information content (AvgIpc) is 2.76. The molecule has 8 heteroatoms. The van der Waals surface area contributed by atoms with Crippen molar-refractivity contribution in [2.75, 3.05) is 5.32 Å². The van der Waals surface area contributed by atoms with Gasteiger partial charge in [-0.2, -0.15) is 0 Å². The quantitative estimate of drug-likeness (QED) is 0.682. The number of halogens is 3. The Labute approximate surface area is 114 Å². The lowest BCUT2D eigenvalue weighted by Crippen LogP contribution is -2.05. The number of nitro benzene ring substituents is 1. The highest BCUT2D eigenvalue weighted by Crippen LogP contribution is 2.29. The SMILES string of the molecule is O=[N+]([O-])c1ccc(F)c(F)c1NCc1ccc(Br)o1. The van der Waals surface area contributed by atoms with Gasteiger partial charge in [-0.1, -0.05) is 0 Å². The third kappa shape index (κ3) is 2.90. The van der Waals surface area contributed by atoms with Crippen LogP contribution in [0.15, 0.2) is 33.4 Å². The van der Waals surface area contributed by atoms with Crippen LogP contribution < -0.4 is 5.32 Å². The van der Waals surface area contributed by atoms with Gasteiger partial charge in [0.1, 0.15) is 5.76 Å². The molecule has 2 aromatic rings. The number of anilines is 1. The summed E-state index contributed by atoms with van der Waals surface area (Å²) >= 11 is 3.09. The fourth-order valence-electron chi connectivity index (χ4n) is 1.48. The van der Waals surface area contributed by atoms with Gasteiger partial charge in [0.15, 0.2) is 22.0 Å². The Morgan fingerprint density at radius 2 is 2.05 bits per heavy atom. The molecule has 19 heavy (non-hydrogen) atoms. The van der Waals surface area contributed by atoms with Gasteiger partial charge in [0.2, 0.25) is 0 Å². The molecular weight excluding hydrogens is 326 g/mol. The normalized spacial score (nSPS) is 10.5. The number of hydrogen-bond donors (Lipinski definition) is 1. The molecule has 1 aromatic heterocycles. The molecule has 0 saturated carbocycles. The van der Waals surface area contributed by atoms with Crippen molar-refractivity contribution < 1.29 is 18.1 Å². The van der Waals surface area contributed by atoms with Gasteiger partial charge in [-0.3, -0.25) is 10.1 Å². The topological polar surface area (TPSA) is 68.3 Å². The van der Waals surface area contributed by atoms with Crippen LogP contribution in [0.25, 0.3) is 0 Å². The van der Waals surface area contributed by atoms with E-state index in [1.54, 1.807) is 12.1 Å². The van der Waals surface area contributed by atoms with E-state index >= 15 is 0 Å². The maximum Gasteiger partial charge on any atom is 0.295 e. The fraction of sp³-hybridized carbons (Fsp3) is 0.0909. The standard InChI is InChI=1S/C11H7BrF2N2O3/c12-9-4-1-6(19-9)5-15-11-8(16(17)18)3-2-7(13)10(11)14/h1-4,15H,5H2. The van der Waals surface area contributed by atoms with E-state index < -0.39 is 27.9 Å². The Morgan fingerprint density at radius 1 is 1.32 bits per heavy atom. The number of hydrogen-bond acceptors (Lipinski definition) is 4. The largest absolute Gasteiger partial charge is 0.452 e. The number of rotatable bonds is 4. The Kier molecular flexibility index (Phi) is 3.79. The van der Waals surface area contributed by atoms with Crippen LogP contribution in [0.4, 0.5) is 20.2 Å². The molecule has 0 fully saturated rings. The predicted octanol–water partition coefficient (Wildman–Crippen LogP) is 3.84. The first-order chi connectivity index (χ1) is 8.99. The summed E-state index contributed by atoms with van der Waals surface area (Å²) in [4.78, 5) is 9.96. The summed E-state index contributed by atoms with van der Waals surface area (Å²) in [6.45, 7) is -0.00713. The first-order valence-corrected chi connectivity index (χ1v) is 5.89. The number of nitrogens with zero attached hydrogens (tertiary/aromatic N) is 1. The molecule has 0 aliphatic heterocycles. The van der Waals surface area contributed by atoms with Gasteiger partial charge in [-0.15, -0.1) is 0 Å². The zero-order valence-corrected chi connectivity index (χ0v) is 10.9. The van der Waals surface area contributed by atoms with Crippen LogP contribution in [-0.2, 0) is 6.54 Å². The molecule has 1 heterocycles. The average molecular weight is 333 g/mol. The molecule has 5 nitrogen and oxygen atoms in total. The molecule has 0 amide bonds. The molecule has 0 aliphatic carbocycles. The molecule has 0 saturated heterocycles. The molecule has 100 valence electrons. The van der Waals surface area contributed by atoms with Gasteiger partial charge in [0, 0.05) is 6.07 Å². The van der Waals surface area contributed by atoms with Gasteiger partial charge in [-0.25, -0.2) is 8.78 Å². The minimum Gasteiger partial charge on any atom is -0.452 e. The van der Waals surface area contributed by atoms with E-state index in [1.807, 2.05) is 0 Å². The highest BCUT2D eigenvalue weighted by atomic mass is 79.9. The number of benzene rings is 1. The Balaban J connectivity index is 2.28. The molecular formula is C11H7BrF2N2O3. The number of nitrogens with one attached hydrogen (secondary N) is 1. The van der Waals surface area contributed by atoms with Gasteiger partial charge in [0.25, 0.3) is 5.69 Å². The van der Waals surface area contributed by atoms with Crippen molar-refractivity contribution in [3.8, 4) is 0 Å². The lowest BCUT2D eigenvalue weighted by Gasteiger charge is -2.07. The molecule has 1 aromatic carbocycles. The zero-order valence-electron chi connectivity index (χ0n) is 9.32. The first-order valence-electron chi connectivity index (χ1n) is 5.09. The monoisotopic (exact) mass is 332 g/mol. The highest BCUT2D eigenvalue weighted by molar-refractivity contribution is 9.10. The van der Waals surface area contributed by atoms with E-state index in [0.29, 0.717) is 16.5 Å². The summed E-state index contributed by atoms with van der Waals surface area (Å²) in [5.41, 5.74) is -1.04. The van der Waals surface area contributed by atoms with E-state index in [1.165, 1.54) is 0 Å². The van der Waals surface area contributed by atoms with Crippen molar-refractivity contribution in [2.24, 2.45) is 0 Å². The van der Waals surface area contributed by atoms with E-state index in [9.17, 15) is 18.9 Å². The van der Waals surface area contributed by atoms with E-state index in [4.69, 9.17) is 4.42 Å². The summed E-state index contributed by atoms with van der Waals surface area (Å²) in [7, 11) is 0. The highest BCUT2D eigenvalue weighted by Gasteiger charge is 2.21. The van der Waals surface area contributed by atoms with Crippen molar-refractivity contribution in [3.63, 3.8) is 0 Å². The number of nitro groups is 1. The lowest BCUT2D eigenvalue weighted by atomic mass is 10.2. The van der Waals surface area contributed by atoms with E-state index in [-0.39, 0.29) is 6.54 Å². The second kappa shape index (κ2) is 5.35. The third-order valence-electron chi connectivity index (χ3n) is 2.34. The van der Waals surface area contributed by atoms with Gasteiger partial charge in [0.05, 0.1) is 11.5 Å². The van der Waals surface area contributed by atoms with Crippen LogP contribution in [0, 0.1) is 21.7 Å². The van der Waals surface area contributed by atoms with Crippen LogP contribution in [0.2, 0.25) is 0 Å². The van der Waals surface area contributed by atoms with Crippen LogP contribution in [0.1, 0.15) is 5.76 Å². The van der Waals surface area contributed by atoms with Crippen molar-refractivity contribution in [3.05, 3.63) is 56.4 Å². The predicted molar refractivity (Wildman–Crippen MR) is 66.7 cm³/mol. The Morgan fingerprint density at radius 3 is 2.63 bits per heavy atom. The fourth-order valence-corrected chi connectivity index (χ4v) is 1.82. The summed E-state index contributed by atoms with van der Waals surface area (Å²) in [5.74, 6) is -2.03. The second-order valence-electron chi connectivity index (χ2n) is 3.57. The van der Waals surface area contributed by atoms with Gasteiger partial charge in [-0.05, 0) is 34.1 Å². The maximum absolute atomic E-state index is 13.5. The van der Waals surface area contributed by atoms with Gasteiger partial charge >= 0.3 is 0 Å². The van der Waals surface area contributed by atoms with Crippen LogP contribution in [0.5, 0.6) is 0 Å². The van der Waals surface area contributed by atoms with E-state index in [2.05, 4.69) is 21.2 Å². The molecule has 0 atom stereocenters. The van der Waals surface area contributed by atoms with Gasteiger partial charge < -0.3 is 9.73 Å². The van der Waals surface area contributed by atoms with Crippen LogP contribution in [-0.4, -0.2) is 4.92 Å². The Hall–Kier alpha value is -1.96. The lowest BCUT2D eigenvalue weighted by molar-refractivity contribution is -0.384. The molecule has 2 rings (SSSR count). The molecule has 1 N–H and O–H groups in total. The van der Waals surface area contributed by atoms with Crippen LogP contribution >= 0.6 is 15.9 Å². The summed E-state index contributed by atoms with van der Waals surface area (Å²) in [6, 6.07) is 4.83. The third-order valence-corrected chi connectivity index (χ3v) is 2.76. The summed E-state index contributed by atoms with van der Waals surface area (Å²) in [5, 5.41) is 13.2. The zero-order chi connectivity index (χ0) is 14.0. The van der Waals surface area contributed by atoms with Crippen molar-refractivity contribution in [1.29, 1.82) is 0 Å². The number of furan rings is 1. The molecule has 0 spiro atoms. The van der Waals surface area contributed by atoms with Crippen molar-refractivity contribution in [1.82, 2.24) is 0 Å². The minimum absolute atomic E-state index is 0.00713. The van der Waals surface area contributed by atoms with Crippen LogP contribution in [0.3, 0.4) is 0 Å². The first kappa shape index (κ1) is 13.5. The maximum atomic E-state index is 13.5. The second-order valence-corrected chi connectivity index (χ2v) is 4.35. The molecule has 0 unspecified atom stereocenters. The molecule has 0 bridgehead atoms. The van der Waals surface area contributed by atoms with Crippen molar-refractivity contribution >= 4 is 27.3 Å². The molecule has 0 aliphatic rings. The molecule has 0 radical (unpaired) electrons. The van der Waals surface area contributed by atoms with E-state index in [0.717, 1.165) is 6.07 Å². The summed E-state index contributed by atoms with van der Waals surface area (Å²) < 4.78 is 32.2. The summed E-state index contributed by atoms with van der Waals surface area (Å²) in [6.07, 6.45) is 0. The smallest absolute Gasteiger partial charge is 0.295 e.